The minimum absolute atomic E-state index is 0.320. The van der Waals surface area contributed by atoms with Gasteiger partial charge in [-0.2, -0.15) is 0 Å². The van der Waals surface area contributed by atoms with Gasteiger partial charge in [0.2, 0.25) is 5.91 Å². The van der Waals surface area contributed by atoms with Crippen LogP contribution in [-0.2, 0) is 4.79 Å². The van der Waals surface area contributed by atoms with Gasteiger partial charge in [0.1, 0.15) is 6.33 Å². The van der Waals surface area contributed by atoms with Crippen LogP contribution >= 0.6 is 11.8 Å². The van der Waals surface area contributed by atoms with Gasteiger partial charge in [-0.15, -0.1) is 10.2 Å². The summed E-state index contributed by atoms with van der Waals surface area (Å²) in [6.07, 6.45) is 1.62. The number of hydrogen-bond acceptors (Lipinski definition) is 5. The van der Waals surface area contributed by atoms with Gasteiger partial charge in [-0.25, -0.2) is 4.79 Å². The summed E-state index contributed by atoms with van der Waals surface area (Å²) < 4.78 is 1.84. The van der Waals surface area contributed by atoms with Gasteiger partial charge >= 0.3 is 6.03 Å². The number of aromatic nitrogens is 3. The molecule has 0 bridgehead atoms. The van der Waals surface area contributed by atoms with Crippen LogP contribution in [0.4, 0.5) is 4.79 Å². The summed E-state index contributed by atoms with van der Waals surface area (Å²) in [5.41, 5.74) is 2.03. The number of rotatable bonds is 6. The molecule has 1 atom stereocenters. The zero-order valence-electron chi connectivity index (χ0n) is 14.8. The van der Waals surface area contributed by atoms with Crippen LogP contribution in [-0.4, -0.2) is 38.5 Å². The van der Waals surface area contributed by atoms with Gasteiger partial charge in [0.05, 0.1) is 10.9 Å². The molecule has 1 heterocycles. The van der Waals surface area contributed by atoms with E-state index in [9.17, 15) is 9.59 Å². The third-order valence-electron chi connectivity index (χ3n) is 3.45. The molecule has 0 spiro atoms. The summed E-state index contributed by atoms with van der Waals surface area (Å²) >= 11 is 1.25. The number of nitrogens with zero attached hydrogens (tertiary/aromatic N) is 3. The van der Waals surface area contributed by atoms with E-state index in [1.165, 1.54) is 11.8 Å². The number of imide groups is 1. The lowest BCUT2D eigenvalue weighted by atomic mass is 10.2. The molecule has 1 aromatic carbocycles. The minimum Gasteiger partial charge on any atom is -0.338 e. The maximum absolute atomic E-state index is 12.2. The molecule has 3 amide bonds. The highest BCUT2D eigenvalue weighted by Gasteiger charge is 2.20. The fourth-order valence-electron chi connectivity index (χ4n) is 2.07. The molecule has 0 saturated heterocycles. The van der Waals surface area contributed by atoms with Crippen LogP contribution in [0.2, 0.25) is 0 Å². The Labute approximate surface area is 151 Å². The normalized spacial score (nSPS) is 12.0. The second-order valence-electron chi connectivity index (χ2n) is 6.12. The zero-order valence-corrected chi connectivity index (χ0v) is 15.6. The Morgan fingerprint density at radius 2 is 1.96 bits per heavy atom. The van der Waals surface area contributed by atoms with Crippen molar-refractivity contribution >= 4 is 23.7 Å². The minimum atomic E-state index is -0.489. The van der Waals surface area contributed by atoms with Crippen molar-refractivity contribution in [1.29, 1.82) is 0 Å². The molecule has 0 aliphatic carbocycles. The third kappa shape index (κ3) is 5.32. The van der Waals surface area contributed by atoms with E-state index in [4.69, 9.17) is 0 Å². The van der Waals surface area contributed by atoms with E-state index < -0.39 is 11.3 Å². The summed E-state index contributed by atoms with van der Waals surface area (Å²) in [6.45, 7) is 8.21. The number of carbonyl (C=O) groups excluding carboxylic acids is 2. The molecule has 0 saturated carbocycles. The number of benzene rings is 1. The molecule has 1 unspecified atom stereocenters. The molecule has 2 rings (SSSR count). The summed E-state index contributed by atoms with van der Waals surface area (Å²) in [6, 6.07) is 7.38. The largest absolute Gasteiger partial charge is 0.338 e. The van der Waals surface area contributed by atoms with Gasteiger partial charge in [0.25, 0.3) is 0 Å². The van der Waals surface area contributed by atoms with Crippen molar-refractivity contribution in [2.75, 3.05) is 6.54 Å². The fourth-order valence-corrected chi connectivity index (χ4v) is 2.91. The molecule has 134 valence electrons. The molecular weight excluding hydrogens is 338 g/mol. The average molecular weight is 361 g/mol. The van der Waals surface area contributed by atoms with Gasteiger partial charge in [-0.1, -0.05) is 43.8 Å². The lowest BCUT2D eigenvalue weighted by Crippen LogP contribution is -2.43. The number of aryl methyl sites for hydroxylation is 1. The molecule has 2 aromatic rings. The van der Waals surface area contributed by atoms with E-state index in [-0.39, 0.29) is 5.91 Å². The van der Waals surface area contributed by atoms with Crippen LogP contribution in [0.3, 0.4) is 0 Å². The van der Waals surface area contributed by atoms with E-state index in [0.29, 0.717) is 17.6 Å². The number of para-hydroxylation sites is 1. The highest BCUT2D eigenvalue weighted by molar-refractivity contribution is 8.00. The molecule has 25 heavy (non-hydrogen) atoms. The van der Waals surface area contributed by atoms with Crippen LogP contribution in [0, 0.1) is 12.8 Å². The summed E-state index contributed by atoms with van der Waals surface area (Å²) in [5.74, 6) is -0.0501. The van der Waals surface area contributed by atoms with E-state index in [1.54, 1.807) is 13.3 Å². The smallest absolute Gasteiger partial charge is 0.321 e. The summed E-state index contributed by atoms with van der Waals surface area (Å²) in [4.78, 5) is 23.9. The molecule has 8 heteroatoms. The van der Waals surface area contributed by atoms with E-state index >= 15 is 0 Å². The Morgan fingerprint density at radius 1 is 1.24 bits per heavy atom. The maximum Gasteiger partial charge on any atom is 0.321 e. The summed E-state index contributed by atoms with van der Waals surface area (Å²) in [5, 5.41) is 13.1. The van der Waals surface area contributed by atoms with E-state index in [2.05, 4.69) is 20.8 Å². The molecule has 1 aromatic heterocycles. The van der Waals surface area contributed by atoms with Gasteiger partial charge in [0, 0.05) is 6.54 Å². The Hall–Kier alpha value is -2.35. The number of thioether (sulfide) groups is 1. The standard InChI is InChI=1S/C17H23N5O2S/c1-11(2)9-18-16(24)20-15(23)13(4)25-17-21-19-10-22(17)14-8-6-5-7-12(14)3/h5-8,10-11,13H,9H2,1-4H3,(H2,18,20,23,24). The monoisotopic (exact) mass is 361 g/mol. The first-order chi connectivity index (χ1) is 11.9. The number of nitrogens with one attached hydrogen (secondary N) is 2. The van der Waals surface area contributed by atoms with Crippen molar-refractivity contribution in [2.45, 2.75) is 38.1 Å². The van der Waals surface area contributed by atoms with Crippen molar-refractivity contribution in [3.8, 4) is 5.69 Å². The molecular formula is C17H23N5O2S. The molecule has 0 fully saturated rings. The fraction of sp³-hybridized carbons (Fsp3) is 0.412. The average Bonchev–Trinajstić information content (AvgIpc) is 3.01. The van der Waals surface area contributed by atoms with Crippen LogP contribution in [0.25, 0.3) is 5.69 Å². The topological polar surface area (TPSA) is 88.9 Å². The Morgan fingerprint density at radius 3 is 2.64 bits per heavy atom. The zero-order chi connectivity index (χ0) is 18.4. The van der Waals surface area contributed by atoms with Crippen molar-refractivity contribution in [3.63, 3.8) is 0 Å². The number of carbonyl (C=O) groups is 2. The Balaban J connectivity index is 2.01. The van der Waals surface area contributed by atoms with Gasteiger partial charge in [-0.05, 0) is 31.4 Å². The first-order valence-corrected chi connectivity index (χ1v) is 8.97. The van der Waals surface area contributed by atoms with E-state index in [1.807, 2.05) is 49.6 Å². The number of urea groups is 1. The van der Waals surface area contributed by atoms with Crippen molar-refractivity contribution in [3.05, 3.63) is 36.2 Å². The molecule has 2 N–H and O–H groups in total. The molecule has 0 aliphatic heterocycles. The summed E-state index contributed by atoms with van der Waals surface area (Å²) in [7, 11) is 0. The van der Waals surface area contributed by atoms with Crippen LogP contribution in [0.5, 0.6) is 0 Å². The molecule has 0 aliphatic rings. The lowest BCUT2D eigenvalue weighted by molar-refractivity contribution is -0.119. The molecule has 0 radical (unpaired) electrons. The highest BCUT2D eigenvalue weighted by Crippen LogP contribution is 2.25. The first kappa shape index (κ1) is 19.0. The highest BCUT2D eigenvalue weighted by atomic mass is 32.2. The van der Waals surface area contributed by atoms with Crippen molar-refractivity contribution < 1.29 is 9.59 Å². The number of amides is 3. The Bertz CT molecular complexity index is 744. The lowest BCUT2D eigenvalue weighted by Gasteiger charge is -2.13. The van der Waals surface area contributed by atoms with Crippen LogP contribution in [0.15, 0.2) is 35.7 Å². The van der Waals surface area contributed by atoms with Gasteiger partial charge < -0.3 is 5.32 Å². The number of hydrogen-bond donors (Lipinski definition) is 2. The quantitative estimate of drug-likeness (QED) is 0.772. The van der Waals surface area contributed by atoms with Gasteiger partial charge in [-0.3, -0.25) is 14.7 Å². The van der Waals surface area contributed by atoms with E-state index in [0.717, 1.165) is 11.3 Å². The van der Waals surface area contributed by atoms with Crippen LogP contribution in [0.1, 0.15) is 26.3 Å². The second-order valence-corrected chi connectivity index (χ2v) is 7.43. The van der Waals surface area contributed by atoms with Gasteiger partial charge in [0.15, 0.2) is 5.16 Å². The molecule has 7 nitrogen and oxygen atoms in total. The second kappa shape index (κ2) is 8.66. The predicted octanol–water partition coefficient (Wildman–Crippen LogP) is 2.54. The van der Waals surface area contributed by atoms with Crippen molar-refractivity contribution in [1.82, 2.24) is 25.4 Å². The SMILES string of the molecule is Cc1ccccc1-n1cnnc1SC(C)C(=O)NC(=O)NCC(C)C. The first-order valence-electron chi connectivity index (χ1n) is 8.10. The Kier molecular flexibility index (Phi) is 6.58. The predicted molar refractivity (Wildman–Crippen MR) is 97.8 cm³/mol. The van der Waals surface area contributed by atoms with Crippen molar-refractivity contribution in [2.24, 2.45) is 5.92 Å². The van der Waals surface area contributed by atoms with Crippen LogP contribution < -0.4 is 10.6 Å². The third-order valence-corrected chi connectivity index (χ3v) is 4.51. The maximum atomic E-state index is 12.2.